The van der Waals surface area contributed by atoms with E-state index in [9.17, 15) is 0 Å². The van der Waals surface area contributed by atoms with Gasteiger partial charge < -0.3 is 4.98 Å². The Bertz CT molecular complexity index is 438. The smallest absolute Gasteiger partial charge is 0.120 e. The molecule has 0 saturated heterocycles. The highest BCUT2D eigenvalue weighted by molar-refractivity contribution is 5.09. The van der Waals surface area contributed by atoms with Crippen LogP contribution in [0.3, 0.4) is 0 Å². The molecule has 1 atom stereocenters. The van der Waals surface area contributed by atoms with Crippen LogP contribution in [0.1, 0.15) is 31.7 Å². The number of aromatic amines is 1. The molecule has 2 heterocycles. The molecular weight excluding hydrogens is 224 g/mol. The standard InChI is InChI=1S/C14H20N4/c1-3-12(2)18(11-14-16-8-9-17-14)10-13-4-6-15-7-5-13/h4-9,12H,3,10-11H2,1-2H3,(H,16,17). The highest BCUT2D eigenvalue weighted by Gasteiger charge is 2.14. The van der Waals surface area contributed by atoms with Crippen molar-refractivity contribution in [2.45, 2.75) is 39.4 Å². The van der Waals surface area contributed by atoms with E-state index < -0.39 is 0 Å². The number of H-pyrrole nitrogens is 1. The SMILES string of the molecule is CCC(C)N(Cc1ccncc1)Cc1ncc[nH]1. The van der Waals surface area contributed by atoms with Crippen LogP contribution < -0.4 is 0 Å². The summed E-state index contributed by atoms with van der Waals surface area (Å²) in [5.74, 6) is 1.02. The number of rotatable bonds is 6. The van der Waals surface area contributed by atoms with Gasteiger partial charge in [0.25, 0.3) is 0 Å². The number of hydrogen-bond acceptors (Lipinski definition) is 3. The van der Waals surface area contributed by atoms with Gasteiger partial charge in [0, 0.05) is 37.4 Å². The van der Waals surface area contributed by atoms with Crippen molar-refractivity contribution in [3.05, 3.63) is 48.3 Å². The average Bonchev–Trinajstić information content (AvgIpc) is 2.91. The fourth-order valence-electron chi connectivity index (χ4n) is 1.93. The maximum atomic E-state index is 4.30. The summed E-state index contributed by atoms with van der Waals surface area (Å²) in [5, 5.41) is 0. The lowest BCUT2D eigenvalue weighted by molar-refractivity contribution is 0.182. The van der Waals surface area contributed by atoms with E-state index in [-0.39, 0.29) is 0 Å². The van der Waals surface area contributed by atoms with Gasteiger partial charge in [0.2, 0.25) is 0 Å². The molecule has 0 fully saturated rings. The molecule has 2 aromatic rings. The van der Waals surface area contributed by atoms with Crippen molar-refractivity contribution in [3.63, 3.8) is 0 Å². The molecule has 2 rings (SSSR count). The number of hydrogen-bond donors (Lipinski definition) is 1. The van der Waals surface area contributed by atoms with Gasteiger partial charge in [-0.1, -0.05) is 6.92 Å². The maximum absolute atomic E-state index is 4.30. The van der Waals surface area contributed by atoms with Gasteiger partial charge in [-0.15, -0.1) is 0 Å². The normalized spacial score (nSPS) is 12.8. The zero-order valence-corrected chi connectivity index (χ0v) is 11.0. The van der Waals surface area contributed by atoms with Gasteiger partial charge >= 0.3 is 0 Å². The van der Waals surface area contributed by atoms with Gasteiger partial charge in [0.1, 0.15) is 5.82 Å². The number of nitrogens with one attached hydrogen (secondary N) is 1. The Labute approximate surface area is 108 Å². The van der Waals surface area contributed by atoms with Crippen LogP contribution in [0.5, 0.6) is 0 Å². The summed E-state index contributed by atoms with van der Waals surface area (Å²) in [6.07, 6.45) is 8.49. The summed E-state index contributed by atoms with van der Waals surface area (Å²) < 4.78 is 0. The summed E-state index contributed by atoms with van der Waals surface area (Å²) in [5.41, 5.74) is 1.29. The van der Waals surface area contributed by atoms with Gasteiger partial charge in [0.05, 0.1) is 6.54 Å². The second-order valence-electron chi connectivity index (χ2n) is 4.55. The van der Waals surface area contributed by atoms with Crippen LogP contribution in [0.15, 0.2) is 36.9 Å². The zero-order valence-electron chi connectivity index (χ0n) is 11.0. The first-order chi connectivity index (χ1) is 8.79. The van der Waals surface area contributed by atoms with Crippen LogP contribution in [0.2, 0.25) is 0 Å². The van der Waals surface area contributed by atoms with Gasteiger partial charge in [0.15, 0.2) is 0 Å². The Morgan fingerprint density at radius 2 is 2.00 bits per heavy atom. The average molecular weight is 244 g/mol. The molecule has 0 aliphatic rings. The van der Waals surface area contributed by atoms with Crippen molar-refractivity contribution in [1.29, 1.82) is 0 Å². The van der Waals surface area contributed by atoms with E-state index in [1.807, 2.05) is 18.6 Å². The predicted molar refractivity (Wildman–Crippen MR) is 71.8 cm³/mol. The lowest BCUT2D eigenvalue weighted by atomic mass is 10.1. The summed E-state index contributed by atoms with van der Waals surface area (Å²) in [6, 6.07) is 4.66. The molecule has 1 N–H and O–H groups in total. The Balaban J connectivity index is 2.06. The summed E-state index contributed by atoms with van der Waals surface area (Å²) in [6.45, 7) is 6.25. The molecule has 0 aromatic carbocycles. The molecule has 4 nitrogen and oxygen atoms in total. The van der Waals surface area contributed by atoms with Gasteiger partial charge in [-0.3, -0.25) is 9.88 Å². The Morgan fingerprint density at radius 1 is 1.22 bits per heavy atom. The molecule has 0 radical (unpaired) electrons. The third-order valence-electron chi connectivity index (χ3n) is 3.26. The second kappa shape index (κ2) is 6.31. The number of nitrogens with zero attached hydrogens (tertiary/aromatic N) is 3. The van der Waals surface area contributed by atoms with Crippen LogP contribution >= 0.6 is 0 Å². The van der Waals surface area contributed by atoms with Crippen LogP contribution in [0.4, 0.5) is 0 Å². The predicted octanol–water partition coefficient (Wildman–Crippen LogP) is 2.61. The van der Waals surface area contributed by atoms with Crippen LogP contribution in [0, 0.1) is 0 Å². The topological polar surface area (TPSA) is 44.8 Å². The summed E-state index contributed by atoms with van der Waals surface area (Å²) in [7, 11) is 0. The molecule has 0 spiro atoms. The lowest BCUT2D eigenvalue weighted by Gasteiger charge is -2.27. The Kier molecular flexibility index (Phi) is 4.47. The Morgan fingerprint density at radius 3 is 2.61 bits per heavy atom. The van der Waals surface area contributed by atoms with E-state index >= 15 is 0 Å². The molecular formula is C14H20N4. The minimum absolute atomic E-state index is 0.531. The highest BCUT2D eigenvalue weighted by atomic mass is 15.2. The van der Waals surface area contributed by atoms with Crippen LogP contribution in [0.25, 0.3) is 0 Å². The first kappa shape index (κ1) is 12.8. The fourth-order valence-corrected chi connectivity index (χ4v) is 1.93. The van der Waals surface area contributed by atoms with Gasteiger partial charge in [-0.2, -0.15) is 0 Å². The van der Waals surface area contributed by atoms with E-state index in [2.05, 4.69) is 45.8 Å². The molecule has 4 heteroatoms. The third kappa shape index (κ3) is 3.40. The molecule has 18 heavy (non-hydrogen) atoms. The molecule has 0 bridgehead atoms. The maximum Gasteiger partial charge on any atom is 0.120 e. The first-order valence-corrected chi connectivity index (χ1v) is 6.40. The molecule has 0 amide bonds. The number of pyridine rings is 1. The highest BCUT2D eigenvalue weighted by Crippen LogP contribution is 2.12. The van der Waals surface area contributed by atoms with E-state index in [0.29, 0.717) is 6.04 Å². The van der Waals surface area contributed by atoms with Crippen molar-refractivity contribution in [2.24, 2.45) is 0 Å². The minimum atomic E-state index is 0.531. The molecule has 0 aliphatic carbocycles. The zero-order chi connectivity index (χ0) is 12.8. The summed E-state index contributed by atoms with van der Waals surface area (Å²) in [4.78, 5) is 14.0. The van der Waals surface area contributed by atoms with E-state index in [1.165, 1.54) is 5.56 Å². The minimum Gasteiger partial charge on any atom is -0.348 e. The van der Waals surface area contributed by atoms with Crippen molar-refractivity contribution < 1.29 is 0 Å². The quantitative estimate of drug-likeness (QED) is 0.849. The third-order valence-corrected chi connectivity index (χ3v) is 3.26. The second-order valence-corrected chi connectivity index (χ2v) is 4.55. The van der Waals surface area contributed by atoms with Crippen molar-refractivity contribution in [1.82, 2.24) is 19.9 Å². The van der Waals surface area contributed by atoms with Crippen molar-refractivity contribution in [3.8, 4) is 0 Å². The number of imidazole rings is 1. The Hall–Kier alpha value is -1.68. The molecule has 96 valence electrons. The van der Waals surface area contributed by atoms with E-state index in [1.54, 1.807) is 6.20 Å². The summed E-state index contributed by atoms with van der Waals surface area (Å²) >= 11 is 0. The van der Waals surface area contributed by atoms with Crippen molar-refractivity contribution in [2.75, 3.05) is 0 Å². The molecule has 0 aliphatic heterocycles. The van der Waals surface area contributed by atoms with Crippen LogP contribution in [-0.2, 0) is 13.1 Å². The van der Waals surface area contributed by atoms with E-state index in [4.69, 9.17) is 0 Å². The lowest BCUT2D eigenvalue weighted by Crippen LogP contribution is -2.32. The van der Waals surface area contributed by atoms with Gasteiger partial charge in [-0.05, 0) is 31.0 Å². The van der Waals surface area contributed by atoms with Crippen LogP contribution in [-0.4, -0.2) is 25.9 Å². The van der Waals surface area contributed by atoms with Gasteiger partial charge in [-0.25, -0.2) is 4.98 Å². The molecule has 2 aromatic heterocycles. The van der Waals surface area contributed by atoms with E-state index in [0.717, 1.165) is 25.3 Å². The fraction of sp³-hybridized carbons (Fsp3) is 0.429. The molecule has 0 saturated carbocycles. The first-order valence-electron chi connectivity index (χ1n) is 6.40. The van der Waals surface area contributed by atoms with Crippen molar-refractivity contribution >= 4 is 0 Å². The number of aromatic nitrogens is 3. The monoisotopic (exact) mass is 244 g/mol. The largest absolute Gasteiger partial charge is 0.348 e. The molecule has 1 unspecified atom stereocenters.